The van der Waals surface area contributed by atoms with E-state index in [1.54, 1.807) is 12.3 Å². The number of benzene rings is 1. The number of aromatic nitrogens is 1. The van der Waals surface area contributed by atoms with Crippen LogP contribution < -0.4 is 10.6 Å². The highest BCUT2D eigenvalue weighted by Crippen LogP contribution is 2.24. The highest BCUT2D eigenvalue weighted by atomic mass is 16.1. The average molecular weight is 325 g/mol. The Balaban J connectivity index is 2.02. The summed E-state index contributed by atoms with van der Waals surface area (Å²) in [6.07, 6.45) is 2.58. The van der Waals surface area contributed by atoms with Gasteiger partial charge in [0.2, 0.25) is 0 Å². The zero-order valence-corrected chi connectivity index (χ0v) is 15.2. The van der Waals surface area contributed by atoms with Crippen LogP contribution in [0.15, 0.2) is 42.6 Å². The molecular weight excluding hydrogens is 298 g/mol. The molecule has 0 saturated carbocycles. The monoisotopic (exact) mass is 325 g/mol. The Morgan fingerprint density at radius 3 is 2.21 bits per heavy atom. The maximum Gasteiger partial charge on any atom is 0.270 e. The van der Waals surface area contributed by atoms with E-state index in [0.29, 0.717) is 5.69 Å². The maximum absolute atomic E-state index is 12.0. The highest BCUT2D eigenvalue weighted by molar-refractivity contribution is 5.92. The zero-order chi connectivity index (χ0) is 17.7. The van der Waals surface area contributed by atoms with Crippen molar-refractivity contribution in [2.75, 3.05) is 5.32 Å². The van der Waals surface area contributed by atoms with Crippen molar-refractivity contribution in [1.29, 1.82) is 0 Å². The first-order valence-corrected chi connectivity index (χ1v) is 8.44. The second-order valence-corrected chi connectivity index (χ2v) is 7.17. The van der Waals surface area contributed by atoms with Crippen LogP contribution in [-0.2, 0) is 5.41 Å². The molecule has 0 aliphatic heterocycles. The van der Waals surface area contributed by atoms with Crippen molar-refractivity contribution in [2.45, 2.75) is 52.5 Å². The van der Waals surface area contributed by atoms with Crippen LogP contribution in [0.4, 0.5) is 11.4 Å². The van der Waals surface area contributed by atoms with E-state index in [4.69, 9.17) is 0 Å². The zero-order valence-electron chi connectivity index (χ0n) is 15.2. The molecule has 1 atom stereocenters. The van der Waals surface area contributed by atoms with Crippen molar-refractivity contribution in [1.82, 2.24) is 10.3 Å². The van der Waals surface area contributed by atoms with Crippen molar-refractivity contribution in [3.8, 4) is 0 Å². The molecule has 128 valence electrons. The van der Waals surface area contributed by atoms with Gasteiger partial charge in [0.25, 0.3) is 5.91 Å². The number of amides is 1. The van der Waals surface area contributed by atoms with E-state index in [1.807, 2.05) is 19.9 Å². The van der Waals surface area contributed by atoms with E-state index in [2.05, 4.69) is 60.7 Å². The number of carbonyl (C=O) groups excluding carboxylic acids is 1. The molecule has 0 saturated heterocycles. The van der Waals surface area contributed by atoms with E-state index in [-0.39, 0.29) is 17.4 Å². The van der Waals surface area contributed by atoms with E-state index in [0.717, 1.165) is 17.8 Å². The largest absolute Gasteiger partial charge is 0.354 e. The third-order valence-corrected chi connectivity index (χ3v) is 4.03. The summed E-state index contributed by atoms with van der Waals surface area (Å²) in [7, 11) is 0. The molecule has 1 unspecified atom stereocenters. The van der Waals surface area contributed by atoms with Crippen molar-refractivity contribution < 1.29 is 4.79 Å². The van der Waals surface area contributed by atoms with Crippen molar-refractivity contribution in [3.05, 3.63) is 53.9 Å². The molecule has 2 rings (SSSR count). The van der Waals surface area contributed by atoms with Crippen LogP contribution in [0, 0.1) is 0 Å². The molecule has 0 aliphatic rings. The highest BCUT2D eigenvalue weighted by Gasteiger charge is 2.13. The molecule has 0 radical (unpaired) electrons. The molecule has 0 spiro atoms. The molecule has 1 heterocycles. The Morgan fingerprint density at radius 1 is 1.08 bits per heavy atom. The number of nitrogens with one attached hydrogen (secondary N) is 2. The van der Waals surface area contributed by atoms with Crippen molar-refractivity contribution >= 4 is 17.3 Å². The molecule has 1 amide bonds. The third kappa shape index (κ3) is 4.82. The van der Waals surface area contributed by atoms with E-state index >= 15 is 0 Å². The second kappa shape index (κ2) is 7.47. The minimum atomic E-state index is -0.134. The number of rotatable bonds is 5. The van der Waals surface area contributed by atoms with Gasteiger partial charge in [0, 0.05) is 11.7 Å². The van der Waals surface area contributed by atoms with E-state index in [1.165, 1.54) is 5.56 Å². The fraction of sp³-hybridized carbons (Fsp3) is 0.400. The standard InChI is InChI=1S/C20H27N3O/c1-6-14(2)22-19(24)18-12-11-17(13-21-18)23-16-9-7-15(8-10-16)20(3,4)5/h7-14,23H,6H2,1-5H3,(H,22,24). The lowest BCUT2D eigenvalue weighted by Gasteiger charge is -2.19. The average Bonchev–Trinajstić information content (AvgIpc) is 2.55. The number of nitrogens with zero attached hydrogens (tertiary/aromatic N) is 1. The number of pyridine rings is 1. The minimum absolute atomic E-state index is 0.134. The van der Waals surface area contributed by atoms with Crippen LogP contribution in [0.3, 0.4) is 0 Å². The molecule has 4 nitrogen and oxygen atoms in total. The summed E-state index contributed by atoms with van der Waals surface area (Å²) < 4.78 is 0. The van der Waals surface area contributed by atoms with Gasteiger partial charge in [-0.1, -0.05) is 39.8 Å². The Kier molecular flexibility index (Phi) is 5.60. The van der Waals surface area contributed by atoms with E-state index in [9.17, 15) is 4.79 Å². The van der Waals surface area contributed by atoms with Crippen LogP contribution in [0.5, 0.6) is 0 Å². The summed E-state index contributed by atoms with van der Waals surface area (Å²) in [5, 5.41) is 6.22. The summed E-state index contributed by atoms with van der Waals surface area (Å²) in [6.45, 7) is 10.6. The van der Waals surface area contributed by atoms with Crippen LogP contribution >= 0.6 is 0 Å². The summed E-state index contributed by atoms with van der Waals surface area (Å²) >= 11 is 0. The lowest BCUT2D eigenvalue weighted by molar-refractivity contribution is 0.0934. The van der Waals surface area contributed by atoms with Crippen LogP contribution in [0.25, 0.3) is 0 Å². The Bertz CT molecular complexity index is 670. The molecule has 0 aliphatic carbocycles. The van der Waals surface area contributed by atoms with Gasteiger partial charge < -0.3 is 10.6 Å². The van der Waals surface area contributed by atoms with Crippen molar-refractivity contribution in [2.24, 2.45) is 0 Å². The first kappa shape index (κ1) is 18.0. The summed E-state index contributed by atoms with van der Waals surface area (Å²) in [5.74, 6) is -0.134. The topological polar surface area (TPSA) is 54.0 Å². The van der Waals surface area contributed by atoms with Gasteiger partial charge in [0.1, 0.15) is 5.69 Å². The first-order valence-electron chi connectivity index (χ1n) is 8.44. The van der Waals surface area contributed by atoms with Gasteiger partial charge in [-0.3, -0.25) is 4.79 Å². The van der Waals surface area contributed by atoms with Crippen LogP contribution in [0.2, 0.25) is 0 Å². The number of hydrogen-bond donors (Lipinski definition) is 2. The molecule has 4 heteroatoms. The summed E-state index contributed by atoms with van der Waals surface area (Å²) in [6, 6.07) is 12.1. The van der Waals surface area contributed by atoms with Gasteiger partial charge in [-0.2, -0.15) is 0 Å². The number of anilines is 2. The Labute approximate surface area is 144 Å². The van der Waals surface area contributed by atoms with Gasteiger partial charge in [0.15, 0.2) is 0 Å². The molecule has 0 bridgehead atoms. The minimum Gasteiger partial charge on any atom is -0.354 e. The normalized spacial score (nSPS) is 12.5. The SMILES string of the molecule is CCC(C)NC(=O)c1ccc(Nc2ccc(C(C)(C)C)cc2)cn1. The predicted molar refractivity (Wildman–Crippen MR) is 99.9 cm³/mol. The van der Waals surface area contributed by atoms with Gasteiger partial charge >= 0.3 is 0 Å². The van der Waals surface area contributed by atoms with Crippen LogP contribution in [0.1, 0.15) is 57.1 Å². The van der Waals surface area contributed by atoms with Gasteiger partial charge in [-0.05, 0) is 48.6 Å². The van der Waals surface area contributed by atoms with Gasteiger partial charge in [-0.25, -0.2) is 4.98 Å². The van der Waals surface area contributed by atoms with Crippen LogP contribution in [-0.4, -0.2) is 16.9 Å². The Morgan fingerprint density at radius 2 is 1.71 bits per heavy atom. The molecular formula is C20H27N3O. The smallest absolute Gasteiger partial charge is 0.270 e. The molecule has 0 fully saturated rings. The number of hydrogen-bond acceptors (Lipinski definition) is 3. The fourth-order valence-electron chi connectivity index (χ4n) is 2.22. The second-order valence-electron chi connectivity index (χ2n) is 7.17. The molecule has 2 aromatic rings. The van der Waals surface area contributed by atoms with Crippen molar-refractivity contribution in [3.63, 3.8) is 0 Å². The lowest BCUT2D eigenvalue weighted by atomic mass is 9.87. The molecule has 1 aromatic heterocycles. The van der Waals surface area contributed by atoms with E-state index < -0.39 is 0 Å². The molecule has 1 aromatic carbocycles. The summed E-state index contributed by atoms with van der Waals surface area (Å²) in [5.41, 5.74) is 3.73. The lowest BCUT2D eigenvalue weighted by Crippen LogP contribution is -2.32. The fourth-order valence-corrected chi connectivity index (χ4v) is 2.22. The van der Waals surface area contributed by atoms with Gasteiger partial charge in [0.05, 0.1) is 11.9 Å². The Hall–Kier alpha value is -2.36. The first-order chi connectivity index (χ1) is 11.3. The molecule has 24 heavy (non-hydrogen) atoms. The van der Waals surface area contributed by atoms with Gasteiger partial charge in [-0.15, -0.1) is 0 Å². The summed E-state index contributed by atoms with van der Waals surface area (Å²) in [4.78, 5) is 16.3. The molecule has 2 N–H and O–H groups in total. The predicted octanol–water partition coefficient (Wildman–Crippen LogP) is 4.65. The maximum atomic E-state index is 12.0. The third-order valence-electron chi connectivity index (χ3n) is 4.03. The quantitative estimate of drug-likeness (QED) is 0.841. The number of carbonyl (C=O) groups is 1.